The normalized spacial score (nSPS) is 10.7. The molecule has 0 radical (unpaired) electrons. The largest absolute Gasteiger partial charge is 0.322 e. The first kappa shape index (κ1) is 16.3. The number of hydrogen-bond acceptors (Lipinski definition) is 2. The van der Waals surface area contributed by atoms with Crippen LogP contribution in [0.2, 0.25) is 10.0 Å². The van der Waals surface area contributed by atoms with Gasteiger partial charge in [0.2, 0.25) is 5.91 Å². The molecule has 0 saturated carbocycles. The Morgan fingerprint density at radius 3 is 2.50 bits per heavy atom. The van der Waals surface area contributed by atoms with Crippen molar-refractivity contribution >= 4 is 46.7 Å². The third-order valence-electron chi connectivity index (χ3n) is 2.91. The molecule has 0 heterocycles. The van der Waals surface area contributed by atoms with E-state index in [-0.39, 0.29) is 11.7 Å². The molecule has 0 bridgehead atoms. The van der Waals surface area contributed by atoms with Gasteiger partial charge in [-0.2, -0.15) is 0 Å². The van der Waals surface area contributed by atoms with Crippen molar-refractivity contribution in [1.29, 1.82) is 0 Å². The standard InChI is InChI=1S/C17H13Cl2NO2/c1-11(21)13-3-2-4-14(10-13)20-17(22)8-6-12-5-7-15(18)16(19)9-12/h2-10H,1H3,(H,20,22). The van der Waals surface area contributed by atoms with Crippen molar-refractivity contribution in [2.24, 2.45) is 0 Å². The van der Waals surface area contributed by atoms with Gasteiger partial charge in [0.05, 0.1) is 10.0 Å². The van der Waals surface area contributed by atoms with Crippen molar-refractivity contribution in [1.82, 2.24) is 0 Å². The van der Waals surface area contributed by atoms with E-state index in [1.807, 2.05) is 0 Å². The van der Waals surface area contributed by atoms with Crippen LogP contribution in [0.4, 0.5) is 5.69 Å². The Balaban J connectivity index is 2.06. The van der Waals surface area contributed by atoms with Gasteiger partial charge < -0.3 is 5.32 Å². The summed E-state index contributed by atoms with van der Waals surface area (Å²) in [6.45, 7) is 1.48. The number of carbonyl (C=O) groups is 2. The van der Waals surface area contributed by atoms with Crippen LogP contribution in [0.3, 0.4) is 0 Å². The van der Waals surface area contributed by atoms with Gasteiger partial charge in [0, 0.05) is 17.3 Å². The smallest absolute Gasteiger partial charge is 0.248 e. The topological polar surface area (TPSA) is 46.2 Å². The van der Waals surface area contributed by atoms with Crippen LogP contribution in [0.1, 0.15) is 22.8 Å². The Bertz CT molecular complexity index is 754. The van der Waals surface area contributed by atoms with Crippen molar-refractivity contribution in [2.45, 2.75) is 6.92 Å². The maximum atomic E-state index is 11.9. The second-order valence-corrected chi connectivity index (χ2v) is 5.45. The number of Topliss-reactive ketones (excluding diaryl/α,β-unsaturated/α-hetero) is 1. The number of rotatable bonds is 4. The summed E-state index contributed by atoms with van der Waals surface area (Å²) in [4.78, 5) is 23.2. The molecule has 112 valence electrons. The molecule has 5 heteroatoms. The van der Waals surface area contributed by atoms with Crippen molar-refractivity contribution in [3.8, 4) is 0 Å². The van der Waals surface area contributed by atoms with Crippen LogP contribution < -0.4 is 5.32 Å². The highest BCUT2D eigenvalue weighted by Gasteiger charge is 2.03. The van der Waals surface area contributed by atoms with Gasteiger partial charge in [0.25, 0.3) is 0 Å². The molecule has 22 heavy (non-hydrogen) atoms. The first-order valence-electron chi connectivity index (χ1n) is 6.51. The van der Waals surface area contributed by atoms with Crippen LogP contribution >= 0.6 is 23.2 Å². The molecular formula is C17H13Cl2NO2. The first-order valence-corrected chi connectivity index (χ1v) is 7.26. The molecule has 0 atom stereocenters. The Hall–Kier alpha value is -2.10. The Labute approximate surface area is 138 Å². The fourth-order valence-corrected chi connectivity index (χ4v) is 2.09. The summed E-state index contributed by atoms with van der Waals surface area (Å²) in [6.07, 6.45) is 3.02. The second kappa shape index (κ2) is 7.25. The fourth-order valence-electron chi connectivity index (χ4n) is 1.79. The molecule has 0 unspecified atom stereocenters. The summed E-state index contributed by atoms with van der Waals surface area (Å²) in [5.41, 5.74) is 1.88. The monoisotopic (exact) mass is 333 g/mol. The van der Waals surface area contributed by atoms with Crippen LogP contribution in [-0.4, -0.2) is 11.7 Å². The average molecular weight is 334 g/mol. The minimum absolute atomic E-state index is 0.0533. The van der Waals surface area contributed by atoms with Gasteiger partial charge in [-0.15, -0.1) is 0 Å². The molecule has 2 rings (SSSR count). The molecule has 0 saturated heterocycles. The molecule has 0 spiro atoms. The van der Waals surface area contributed by atoms with E-state index in [9.17, 15) is 9.59 Å². The number of ketones is 1. The molecule has 0 aliphatic carbocycles. The minimum atomic E-state index is -0.299. The fraction of sp³-hybridized carbons (Fsp3) is 0.0588. The summed E-state index contributed by atoms with van der Waals surface area (Å²) in [6, 6.07) is 11.9. The van der Waals surface area contributed by atoms with Gasteiger partial charge in [-0.3, -0.25) is 9.59 Å². The lowest BCUT2D eigenvalue weighted by Gasteiger charge is -2.03. The summed E-state index contributed by atoms with van der Waals surface area (Å²) in [7, 11) is 0. The van der Waals surface area contributed by atoms with Gasteiger partial charge in [-0.05, 0) is 42.8 Å². The molecule has 0 aromatic heterocycles. The number of benzene rings is 2. The van der Waals surface area contributed by atoms with Crippen LogP contribution in [0.15, 0.2) is 48.5 Å². The van der Waals surface area contributed by atoms with Crippen molar-refractivity contribution in [3.05, 3.63) is 69.7 Å². The minimum Gasteiger partial charge on any atom is -0.322 e. The maximum Gasteiger partial charge on any atom is 0.248 e. The van der Waals surface area contributed by atoms with Crippen LogP contribution in [-0.2, 0) is 4.79 Å². The molecule has 0 fully saturated rings. The van der Waals surface area contributed by atoms with E-state index in [0.29, 0.717) is 21.3 Å². The van der Waals surface area contributed by atoms with E-state index in [2.05, 4.69) is 5.32 Å². The van der Waals surface area contributed by atoms with E-state index < -0.39 is 0 Å². The lowest BCUT2D eigenvalue weighted by Crippen LogP contribution is -2.08. The lowest BCUT2D eigenvalue weighted by molar-refractivity contribution is -0.111. The zero-order valence-electron chi connectivity index (χ0n) is 11.8. The van der Waals surface area contributed by atoms with Gasteiger partial charge in [-0.25, -0.2) is 0 Å². The molecule has 0 aliphatic heterocycles. The highest BCUT2D eigenvalue weighted by molar-refractivity contribution is 6.42. The summed E-state index contributed by atoms with van der Waals surface area (Å²) < 4.78 is 0. The molecule has 2 aromatic rings. The predicted molar refractivity (Wildman–Crippen MR) is 90.6 cm³/mol. The van der Waals surface area contributed by atoms with E-state index in [1.54, 1.807) is 48.5 Å². The Morgan fingerprint density at radius 2 is 1.82 bits per heavy atom. The van der Waals surface area contributed by atoms with Crippen molar-refractivity contribution in [2.75, 3.05) is 5.32 Å². The van der Waals surface area contributed by atoms with Crippen molar-refractivity contribution < 1.29 is 9.59 Å². The maximum absolute atomic E-state index is 11.9. The Morgan fingerprint density at radius 1 is 1.05 bits per heavy atom. The lowest BCUT2D eigenvalue weighted by atomic mass is 10.1. The second-order valence-electron chi connectivity index (χ2n) is 4.63. The quantitative estimate of drug-likeness (QED) is 0.642. The van der Waals surface area contributed by atoms with E-state index in [1.165, 1.54) is 13.0 Å². The van der Waals surface area contributed by atoms with Gasteiger partial charge in [-0.1, -0.05) is 41.4 Å². The van der Waals surface area contributed by atoms with E-state index in [0.717, 1.165) is 5.56 Å². The average Bonchev–Trinajstić information content (AvgIpc) is 2.49. The van der Waals surface area contributed by atoms with Crippen molar-refractivity contribution in [3.63, 3.8) is 0 Å². The number of nitrogens with one attached hydrogen (secondary N) is 1. The van der Waals surface area contributed by atoms with Crippen LogP contribution in [0, 0.1) is 0 Å². The zero-order chi connectivity index (χ0) is 16.1. The number of amides is 1. The van der Waals surface area contributed by atoms with Gasteiger partial charge >= 0.3 is 0 Å². The highest BCUT2D eigenvalue weighted by atomic mass is 35.5. The summed E-state index contributed by atoms with van der Waals surface area (Å²) in [5, 5.41) is 3.59. The number of anilines is 1. The van der Waals surface area contributed by atoms with Gasteiger partial charge in [0.15, 0.2) is 5.78 Å². The molecule has 0 aliphatic rings. The van der Waals surface area contributed by atoms with Crippen LogP contribution in [0.25, 0.3) is 6.08 Å². The van der Waals surface area contributed by atoms with E-state index >= 15 is 0 Å². The Kier molecular flexibility index (Phi) is 5.36. The predicted octanol–water partition coefficient (Wildman–Crippen LogP) is 4.85. The molecule has 2 aromatic carbocycles. The van der Waals surface area contributed by atoms with Crippen LogP contribution in [0.5, 0.6) is 0 Å². The third-order valence-corrected chi connectivity index (χ3v) is 3.65. The number of hydrogen-bond donors (Lipinski definition) is 1. The molecule has 3 nitrogen and oxygen atoms in total. The SMILES string of the molecule is CC(=O)c1cccc(NC(=O)C=Cc2ccc(Cl)c(Cl)c2)c1. The first-order chi connectivity index (χ1) is 10.5. The highest BCUT2D eigenvalue weighted by Crippen LogP contribution is 2.23. The summed E-state index contributed by atoms with van der Waals surface area (Å²) >= 11 is 11.7. The summed E-state index contributed by atoms with van der Waals surface area (Å²) in [5.74, 6) is -0.353. The van der Waals surface area contributed by atoms with Gasteiger partial charge in [0.1, 0.15) is 0 Å². The molecular weight excluding hydrogens is 321 g/mol. The number of halogens is 2. The molecule has 1 amide bonds. The zero-order valence-corrected chi connectivity index (χ0v) is 13.3. The number of carbonyl (C=O) groups excluding carboxylic acids is 2. The third kappa shape index (κ3) is 4.45. The molecule has 1 N–H and O–H groups in total. The van der Waals surface area contributed by atoms with E-state index in [4.69, 9.17) is 23.2 Å².